The molecule has 4 rings (SSSR count). The van der Waals surface area contributed by atoms with Crippen molar-refractivity contribution in [1.29, 1.82) is 0 Å². The number of hydrogen-bond donors (Lipinski definition) is 2. The topological polar surface area (TPSA) is 105 Å². The number of hydrogen-bond acceptors (Lipinski definition) is 5. The molecule has 2 fully saturated rings. The minimum Gasteiger partial charge on any atom is -0.392 e. The summed E-state index contributed by atoms with van der Waals surface area (Å²) in [5.74, 6) is 0.464. The van der Waals surface area contributed by atoms with E-state index in [9.17, 15) is 14.7 Å². The van der Waals surface area contributed by atoms with Crippen LogP contribution < -0.4 is 10.6 Å². The van der Waals surface area contributed by atoms with Crippen molar-refractivity contribution in [3.63, 3.8) is 0 Å². The van der Waals surface area contributed by atoms with Crippen LogP contribution in [0.4, 0.5) is 10.6 Å². The lowest BCUT2D eigenvalue weighted by atomic mass is 9.79. The van der Waals surface area contributed by atoms with Gasteiger partial charge in [-0.1, -0.05) is 6.07 Å². The molecule has 1 aliphatic heterocycles. The lowest BCUT2D eigenvalue weighted by Gasteiger charge is -2.40. The van der Waals surface area contributed by atoms with Crippen LogP contribution in [0, 0.1) is 0 Å². The molecule has 162 valence electrons. The molecule has 0 unspecified atom stereocenters. The number of anilines is 1. The monoisotopic (exact) mass is 413 g/mol. The summed E-state index contributed by atoms with van der Waals surface area (Å²) in [4.78, 5) is 28.5. The second-order valence-corrected chi connectivity index (χ2v) is 9.55. The van der Waals surface area contributed by atoms with E-state index in [0.29, 0.717) is 18.8 Å². The van der Waals surface area contributed by atoms with Crippen LogP contribution >= 0.6 is 0 Å². The molecule has 8 nitrogen and oxygen atoms in total. The van der Waals surface area contributed by atoms with Gasteiger partial charge >= 0.3 is 6.03 Å². The highest BCUT2D eigenvalue weighted by Crippen LogP contribution is 2.36. The van der Waals surface area contributed by atoms with Crippen molar-refractivity contribution in [3.05, 3.63) is 23.8 Å². The molecule has 1 aromatic carbocycles. The smallest absolute Gasteiger partial charge is 0.332 e. The highest BCUT2D eigenvalue weighted by atomic mass is 16.3. The number of urea groups is 1. The molecule has 0 bridgehead atoms. The van der Waals surface area contributed by atoms with E-state index < -0.39 is 11.6 Å². The van der Waals surface area contributed by atoms with Crippen molar-refractivity contribution in [1.82, 2.24) is 14.7 Å². The Morgan fingerprint density at radius 1 is 1.20 bits per heavy atom. The first-order chi connectivity index (χ1) is 14.1. The number of rotatable bonds is 2. The molecule has 1 aliphatic carbocycles. The summed E-state index contributed by atoms with van der Waals surface area (Å²) >= 11 is 0. The Labute approximate surface area is 176 Å². The molecule has 8 heteroatoms. The third kappa shape index (κ3) is 3.48. The molecular weight excluding hydrogens is 382 g/mol. The van der Waals surface area contributed by atoms with E-state index in [1.165, 1.54) is 4.90 Å². The average Bonchev–Trinajstić information content (AvgIpc) is 2.97. The summed E-state index contributed by atoms with van der Waals surface area (Å²) in [6, 6.07) is 5.76. The zero-order valence-corrected chi connectivity index (χ0v) is 18.1. The van der Waals surface area contributed by atoms with Crippen molar-refractivity contribution < 1.29 is 14.7 Å². The van der Waals surface area contributed by atoms with Crippen molar-refractivity contribution in [2.75, 3.05) is 11.4 Å². The Morgan fingerprint density at radius 3 is 2.60 bits per heavy atom. The van der Waals surface area contributed by atoms with Crippen LogP contribution in [0.15, 0.2) is 18.2 Å². The van der Waals surface area contributed by atoms with Gasteiger partial charge in [0.2, 0.25) is 5.91 Å². The van der Waals surface area contributed by atoms with Gasteiger partial charge in [-0.3, -0.25) is 19.3 Å². The number of aliphatic hydroxyl groups excluding tert-OH is 1. The molecule has 3 N–H and O–H groups in total. The minimum atomic E-state index is -0.595. The largest absolute Gasteiger partial charge is 0.392 e. The fourth-order valence-corrected chi connectivity index (χ4v) is 4.75. The second kappa shape index (κ2) is 7.35. The Kier molecular flexibility index (Phi) is 5.10. The molecule has 2 aliphatic rings. The number of nitrogens with two attached hydrogens (primary N) is 1. The standard InChI is InChI=1S/C22H31N5O3/c1-22(2,3)27-19(29)9-10-26(21(27)30)20-16-7-5-13(11-17(16)25(4)24-20)15-8-6-14(23)12-18(15)28/h5,7,11,14-15,18,28H,6,8-10,12,23H2,1-4H3/t14-,15-,18-/m1/s1. The number of carbonyl (C=O) groups excluding carboxylic acids is 2. The quantitative estimate of drug-likeness (QED) is 0.787. The summed E-state index contributed by atoms with van der Waals surface area (Å²) < 4.78 is 1.76. The van der Waals surface area contributed by atoms with Gasteiger partial charge in [-0.2, -0.15) is 5.10 Å². The number of amides is 3. The van der Waals surface area contributed by atoms with Crippen molar-refractivity contribution in [3.8, 4) is 0 Å². The van der Waals surface area contributed by atoms with Crippen LogP contribution in [0.1, 0.15) is 57.9 Å². The van der Waals surface area contributed by atoms with Gasteiger partial charge in [0, 0.05) is 42.9 Å². The fraction of sp³-hybridized carbons (Fsp3) is 0.591. The van der Waals surface area contributed by atoms with E-state index in [1.807, 2.05) is 40.0 Å². The van der Waals surface area contributed by atoms with Crippen LogP contribution in [-0.2, 0) is 11.8 Å². The summed E-state index contributed by atoms with van der Waals surface area (Å²) in [5.41, 5.74) is 7.36. The lowest BCUT2D eigenvalue weighted by Crippen LogP contribution is -2.59. The SMILES string of the molecule is Cn1nc(N2CCC(=O)N(C(C)(C)C)C2=O)c2ccc([C@H]3CC[C@@H](N)C[C@H]3O)cc21. The van der Waals surface area contributed by atoms with E-state index in [0.717, 1.165) is 29.3 Å². The van der Waals surface area contributed by atoms with Gasteiger partial charge in [0.1, 0.15) is 0 Å². The highest BCUT2D eigenvalue weighted by molar-refractivity contribution is 6.09. The van der Waals surface area contributed by atoms with E-state index >= 15 is 0 Å². The molecule has 0 spiro atoms. The molecular formula is C22H31N5O3. The first-order valence-electron chi connectivity index (χ1n) is 10.6. The molecule has 3 amide bonds. The van der Waals surface area contributed by atoms with Gasteiger partial charge < -0.3 is 10.8 Å². The second-order valence-electron chi connectivity index (χ2n) is 9.55. The Bertz CT molecular complexity index is 993. The molecule has 2 aromatic rings. The van der Waals surface area contributed by atoms with Crippen molar-refractivity contribution in [2.45, 2.75) is 70.1 Å². The number of nitrogens with zero attached hydrogens (tertiary/aromatic N) is 4. The van der Waals surface area contributed by atoms with E-state index in [-0.39, 0.29) is 30.3 Å². The number of imide groups is 1. The highest BCUT2D eigenvalue weighted by Gasteiger charge is 2.41. The fourth-order valence-electron chi connectivity index (χ4n) is 4.75. The van der Waals surface area contributed by atoms with E-state index in [1.54, 1.807) is 9.58 Å². The number of fused-ring (bicyclic) bond motifs is 1. The number of aryl methyl sites for hydroxylation is 1. The normalized spacial score (nSPS) is 26.0. The molecule has 1 saturated carbocycles. The van der Waals surface area contributed by atoms with Crippen molar-refractivity contribution >= 4 is 28.7 Å². The molecule has 0 radical (unpaired) electrons. The third-order valence-corrected chi connectivity index (χ3v) is 6.29. The van der Waals surface area contributed by atoms with E-state index in [4.69, 9.17) is 5.73 Å². The maximum absolute atomic E-state index is 13.2. The molecule has 2 heterocycles. The number of carbonyl (C=O) groups is 2. The molecule has 30 heavy (non-hydrogen) atoms. The number of aromatic nitrogens is 2. The van der Waals surface area contributed by atoms with Gasteiger partial charge in [0.05, 0.1) is 11.6 Å². The van der Waals surface area contributed by atoms with Crippen LogP contribution in [0.2, 0.25) is 0 Å². The Morgan fingerprint density at radius 2 is 1.93 bits per heavy atom. The molecule has 3 atom stereocenters. The van der Waals surface area contributed by atoms with Crippen LogP contribution in [0.3, 0.4) is 0 Å². The first-order valence-corrected chi connectivity index (χ1v) is 10.6. The summed E-state index contributed by atoms with van der Waals surface area (Å²) in [5, 5.41) is 16.0. The Balaban J connectivity index is 1.70. The van der Waals surface area contributed by atoms with Gasteiger partial charge in [-0.15, -0.1) is 0 Å². The van der Waals surface area contributed by atoms with Gasteiger partial charge in [-0.05, 0) is 57.7 Å². The molecule has 1 saturated heterocycles. The van der Waals surface area contributed by atoms with Gasteiger partial charge in [-0.25, -0.2) is 4.79 Å². The average molecular weight is 414 g/mol. The van der Waals surface area contributed by atoms with Gasteiger partial charge in [0.15, 0.2) is 5.82 Å². The molecule has 1 aromatic heterocycles. The van der Waals surface area contributed by atoms with Crippen LogP contribution in [-0.4, -0.2) is 56.0 Å². The minimum absolute atomic E-state index is 0.0539. The lowest BCUT2D eigenvalue weighted by molar-refractivity contribution is -0.132. The Hall–Kier alpha value is -2.45. The predicted molar refractivity (Wildman–Crippen MR) is 115 cm³/mol. The summed E-state index contributed by atoms with van der Waals surface area (Å²) in [7, 11) is 1.85. The zero-order valence-electron chi connectivity index (χ0n) is 18.1. The number of aliphatic hydroxyl groups is 1. The van der Waals surface area contributed by atoms with E-state index in [2.05, 4.69) is 11.2 Å². The first kappa shape index (κ1) is 20.8. The zero-order chi connectivity index (χ0) is 21.8. The predicted octanol–water partition coefficient (Wildman–Crippen LogP) is 2.49. The third-order valence-electron chi connectivity index (χ3n) is 6.29. The maximum Gasteiger partial charge on any atom is 0.332 e. The van der Waals surface area contributed by atoms with Gasteiger partial charge in [0.25, 0.3) is 0 Å². The number of benzene rings is 1. The van der Waals surface area contributed by atoms with Crippen molar-refractivity contribution in [2.24, 2.45) is 12.8 Å². The summed E-state index contributed by atoms with van der Waals surface area (Å²) in [6.45, 7) is 5.89. The maximum atomic E-state index is 13.2. The van der Waals surface area contributed by atoms with Crippen LogP contribution in [0.5, 0.6) is 0 Å². The summed E-state index contributed by atoms with van der Waals surface area (Å²) in [6.07, 6.45) is 2.18. The van der Waals surface area contributed by atoms with Crippen LogP contribution in [0.25, 0.3) is 10.9 Å².